The minimum absolute atomic E-state index is 0.0904. The summed E-state index contributed by atoms with van der Waals surface area (Å²) < 4.78 is 30.6. The van der Waals surface area contributed by atoms with E-state index in [1.165, 1.54) is 0 Å². The fourth-order valence-corrected chi connectivity index (χ4v) is 5.96. The first-order valence-electron chi connectivity index (χ1n) is 10.1. The van der Waals surface area contributed by atoms with E-state index in [0.29, 0.717) is 36.9 Å². The van der Waals surface area contributed by atoms with Crippen molar-refractivity contribution in [2.24, 2.45) is 10.3 Å². The second kappa shape index (κ2) is 7.93. The summed E-state index contributed by atoms with van der Waals surface area (Å²) in [5.74, 6) is 0.738. The number of likely N-dealkylation sites (tertiary alicyclic amines) is 1. The van der Waals surface area contributed by atoms with Crippen LogP contribution in [0.5, 0.6) is 0 Å². The van der Waals surface area contributed by atoms with E-state index >= 15 is 0 Å². The van der Waals surface area contributed by atoms with Gasteiger partial charge in [0.15, 0.2) is 5.84 Å². The molecule has 5 rings (SSSR count). The van der Waals surface area contributed by atoms with E-state index in [1.807, 2.05) is 22.4 Å². The molecule has 0 spiro atoms. The van der Waals surface area contributed by atoms with Gasteiger partial charge in [-0.05, 0) is 36.4 Å². The monoisotopic (exact) mass is 455 g/mol. The number of thiophene rings is 1. The number of rotatable bonds is 4. The van der Waals surface area contributed by atoms with Crippen molar-refractivity contribution in [1.29, 1.82) is 0 Å². The maximum atomic E-state index is 13.0. The van der Waals surface area contributed by atoms with Gasteiger partial charge in [-0.2, -0.15) is 13.5 Å². The van der Waals surface area contributed by atoms with Crippen LogP contribution in [0.2, 0.25) is 0 Å². The smallest absolute Gasteiger partial charge is 0.285 e. The Bertz CT molecular complexity index is 1250. The van der Waals surface area contributed by atoms with E-state index in [9.17, 15) is 13.2 Å². The van der Waals surface area contributed by atoms with Crippen molar-refractivity contribution in [2.75, 3.05) is 18.4 Å². The molecule has 2 aliphatic heterocycles. The van der Waals surface area contributed by atoms with Gasteiger partial charge in [0.05, 0.1) is 18.7 Å². The zero-order valence-electron chi connectivity index (χ0n) is 16.6. The number of hydrogen-bond donors (Lipinski definition) is 1. The average molecular weight is 456 g/mol. The number of hydrogen-bond acceptors (Lipinski definition) is 6. The molecule has 0 aliphatic carbocycles. The minimum Gasteiger partial charge on any atom is -0.355 e. The number of sulfonamides is 1. The number of carbonyl (C=O) groups excluding carboxylic acids is 1. The Morgan fingerprint density at radius 2 is 2.06 bits per heavy atom. The number of amidine groups is 1. The van der Waals surface area contributed by atoms with E-state index in [0.717, 1.165) is 17.7 Å². The summed E-state index contributed by atoms with van der Waals surface area (Å²) >= 11 is 1.64. The fourth-order valence-electron chi connectivity index (χ4n) is 4.04. The van der Waals surface area contributed by atoms with E-state index in [1.54, 1.807) is 52.5 Å². The third-order valence-electron chi connectivity index (χ3n) is 5.56. The Hall–Kier alpha value is -2.98. The van der Waals surface area contributed by atoms with E-state index < -0.39 is 10.0 Å². The Balaban J connectivity index is 1.31. The van der Waals surface area contributed by atoms with Crippen molar-refractivity contribution < 1.29 is 13.2 Å². The first kappa shape index (κ1) is 20.0. The summed E-state index contributed by atoms with van der Waals surface area (Å²) in [7, 11) is -3.68. The lowest BCUT2D eigenvalue weighted by Gasteiger charge is -2.33. The molecule has 4 heterocycles. The Morgan fingerprint density at radius 3 is 2.90 bits per heavy atom. The summed E-state index contributed by atoms with van der Waals surface area (Å²) in [6, 6.07) is 12.7. The molecule has 10 heteroatoms. The Labute approximate surface area is 184 Å². The van der Waals surface area contributed by atoms with Crippen LogP contribution >= 0.6 is 11.3 Å². The lowest BCUT2D eigenvalue weighted by atomic mass is 9.96. The van der Waals surface area contributed by atoms with Crippen molar-refractivity contribution >= 4 is 38.9 Å². The minimum atomic E-state index is -3.68. The summed E-state index contributed by atoms with van der Waals surface area (Å²) in [6.45, 7) is 1.69. The molecule has 0 bridgehead atoms. The molecular weight excluding hydrogens is 434 g/mol. The second-order valence-electron chi connectivity index (χ2n) is 7.61. The molecular formula is C21H21N5O3S2. The van der Waals surface area contributed by atoms with Gasteiger partial charge < -0.3 is 10.2 Å². The van der Waals surface area contributed by atoms with Gasteiger partial charge in [0.1, 0.15) is 10.7 Å². The van der Waals surface area contributed by atoms with Crippen LogP contribution < -0.4 is 5.32 Å². The SMILES string of the molecule is O=C(Nc1ccnn1Cc1cccs1)[C@H]1CCCN(C2=NS(=O)(=O)c3ccccc32)C1. The Kier molecular flexibility index (Phi) is 5.11. The maximum absolute atomic E-state index is 13.0. The number of piperidine rings is 1. The largest absolute Gasteiger partial charge is 0.355 e. The highest BCUT2D eigenvalue weighted by Gasteiger charge is 2.35. The van der Waals surface area contributed by atoms with Crippen molar-refractivity contribution in [3.8, 4) is 0 Å². The summed E-state index contributed by atoms with van der Waals surface area (Å²) in [5.41, 5.74) is 0.609. The second-order valence-corrected chi connectivity index (χ2v) is 10.2. The van der Waals surface area contributed by atoms with Crippen molar-refractivity contribution in [3.63, 3.8) is 0 Å². The first-order chi connectivity index (χ1) is 15.0. The molecule has 160 valence electrons. The number of aromatic nitrogens is 2. The summed E-state index contributed by atoms with van der Waals surface area (Å²) in [5, 5.41) is 9.33. The number of carbonyl (C=O) groups is 1. The molecule has 1 saturated heterocycles. The van der Waals surface area contributed by atoms with Crippen LogP contribution in [0.3, 0.4) is 0 Å². The molecule has 2 aliphatic rings. The predicted molar refractivity (Wildman–Crippen MR) is 119 cm³/mol. The number of amides is 1. The standard InChI is InChI=1S/C21H21N5O3S2/c27-21(23-19-9-10-22-26(19)14-16-6-4-12-30-16)15-5-3-11-25(13-15)20-17-7-1-2-8-18(17)31(28,29)24-20/h1-2,4,6-10,12,15H,3,5,11,13-14H2,(H,23,27)/t15-/m0/s1. The van der Waals surface area contributed by atoms with Gasteiger partial charge >= 0.3 is 0 Å². The van der Waals surface area contributed by atoms with Gasteiger partial charge in [-0.25, -0.2) is 4.68 Å². The molecule has 1 fully saturated rings. The quantitative estimate of drug-likeness (QED) is 0.653. The van der Waals surface area contributed by atoms with E-state index in [2.05, 4.69) is 14.8 Å². The number of nitrogens with one attached hydrogen (secondary N) is 1. The first-order valence-corrected chi connectivity index (χ1v) is 12.4. The highest BCUT2D eigenvalue weighted by atomic mass is 32.2. The van der Waals surface area contributed by atoms with Crippen LogP contribution in [0.4, 0.5) is 5.82 Å². The van der Waals surface area contributed by atoms with Crippen LogP contribution in [-0.4, -0.2) is 47.9 Å². The van der Waals surface area contributed by atoms with Crippen LogP contribution in [0.15, 0.2) is 63.3 Å². The predicted octanol–water partition coefficient (Wildman–Crippen LogP) is 2.79. The molecule has 0 radical (unpaired) electrons. The van der Waals surface area contributed by atoms with Crippen LogP contribution in [0.25, 0.3) is 0 Å². The lowest BCUT2D eigenvalue weighted by molar-refractivity contribution is -0.121. The number of anilines is 1. The number of nitrogens with zero attached hydrogens (tertiary/aromatic N) is 4. The molecule has 1 atom stereocenters. The van der Waals surface area contributed by atoms with Gasteiger partial charge in [0.25, 0.3) is 10.0 Å². The summed E-state index contributed by atoms with van der Waals surface area (Å²) in [6.07, 6.45) is 3.20. The van der Waals surface area contributed by atoms with Gasteiger partial charge in [-0.1, -0.05) is 18.2 Å². The average Bonchev–Trinajstić information content (AvgIpc) is 3.50. The van der Waals surface area contributed by atoms with Crippen LogP contribution in [0.1, 0.15) is 23.3 Å². The molecule has 0 unspecified atom stereocenters. The van der Waals surface area contributed by atoms with E-state index in [-0.39, 0.29) is 16.7 Å². The molecule has 1 amide bonds. The molecule has 8 nitrogen and oxygen atoms in total. The molecule has 2 aromatic heterocycles. The topological polar surface area (TPSA) is 96.7 Å². The highest BCUT2D eigenvalue weighted by Crippen LogP contribution is 2.30. The zero-order valence-corrected chi connectivity index (χ0v) is 18.3. The van der Waals surface area contributed by atoms with Gasteiger partial charge in [0, 0.05) is 29.6 Å². The van der Waals surface area contributed by atoms with Crippen molar-refractivity contribution in [1.82, 2.24) is 14.7 Å². The molecule has 3 aromatic rings. The van der Waals surface area contributed by atoms with Gasteiger partial charge in [-0.15, -0.1) is 15.7 Å². The number of fused-ring (bicyclic) bond motifs is 1. The van der Waals surface area contributed by atoms with Gasteiger partial charge in [0.2, 0.25) is 5.91 Å². The third-order valence-corrected chi connectivity index (χ3v) is 7.74. The van der Waals surface area contributed by atoms with Crippen molar-refractivity contribution in [2.45, 2.75) is 24.3 Å². The maximum Gasteiger partial charge on any atom is 0.285 e. The Morgan fingerprint density at radius 1 is 1.19 bits per heavy atom. The van der Waals surface area contributed by atoms with Crippen molar-refractivity contribution in [3.05, 3.63) is 64.5 Å². The normalized spacial score (nSPS) is 19.7. The molecule has 31 heavy (non-hydrogen) atoms. The zero-order chi connectivity index (χ0) is 21.4. The highest BCUT2D eigenvalue weighted by molar-refractivity contribution is 7.90. The third kappa shape index (κ3) is 3.88. The number of benzene rings is 1. The van der Waals surface area contributed by atoms with Crippen LogP contribution in [0, 0.1) is 5.92 Å². The van der Waals surface area contributed by atoms with E-state index in [4.69, 9.17) is 0 Å². The molecule has 1 N–H and O–H groups in total. The fraction of sp³-hybridized carbons (Fsp3) is 0.286. The van der Waals surface area contributed by atoms with Gasteiger partial charge in [-0.3, -0.25) is 4.79 Å². The van der Waals surface area contributed by atoms with Crippen LogP contribution in [-0.2, 0) is 21.4 Å². The summed E-state index contributed by atoms with van der Waals surface area (Å²) in [4.78, 5) is 16.3. The molecule has 1 aromatic carbocycles. The lowest BCUT2D eigenvalue weighted by Crippen LogP contribution is -2.43. The molecule has 0 saturated carbocycles.